The van der Waals surface area contributed by atoms with E-state index in [0.29, 0.717) is 28.0 Å². The van der Waals surface area contributed by atoms with Gasteiger partial charge in [-0.3, -0.25) is 9.59 Å². The maximum absolute atomic E-state index is 12.5. The number of amides is 1. The van der Waals surface area contributed by atoms with Crippen LogP contribution in [-0.2, 0) is 11.8 Å². The first-order valence-electron chi connectivity index (χ1n) is 9.23. The fourth-order valence-electron chi connectivity index (χ4n) is 2.93. The second kappa shape index (κ2) is 8.44. The number of fused-ring (bicyclic) bond motifs is 1. The fraction of sp³-hybridized carbons (Fsp3) is 0.150. The molecule has 4 rings (SSSR count). The van der Waals surface area contributed by atoms with Crippen molar-refractivity contribution in [3.05, 3.63) is 64.3 Å². The highest BCUT2D eigenvalue weighted by Crippen LogP contribution is 2.26. The largest absolute Gasteiger partial charge is 0.478 e. The molecule has 31 heavy (non-hydrogen) atoms. The zero-order chi connectivity index (χ0) is 22.0. The second-order valence-electron chi connectivity index (χ2n) is 6.55. The lowest BCUT2D eigenvalue weighted by atomic mass is 10.2. The van der Waals surface area contributed by atoms with Gasteiger partial charge in [-0.05, 0) is 30.3 Å². The predicted molar refractivity (Wildman–Crippen MR) is 116 cm³/mol. The Morgan fingerprint density at radius 1 is 1.29 bits per heavy atom. The van der Waals surface area contributed by atoms with E-state index in [0.717, 1.165) is 5.39 Å². The van der Waals surface area contributed by atoms with Crippen molar-refractivity contribution in [2.24, 2.45) is 7.05 Å². The fourth-order valence-corrected chi connectivity index (χ4v) is 3.07. The molecule has 1 aromatic carbocycles. The molecule has 0 aliphatic rings. The van der Waals surface area contributed by atoms with E-state index >= 15 is 0 Å². The summed E-state index contributed by atoms with van der Waals surface area (Å²) in [5.41, 5.74) is 1.06. The summed E-state index contributed by atoms with van der Waals surface area (Å²) >= 11 is 6.26. The Morgan fingerprint density at radius 2 is 2.13 bits per heavy atom. The zero-order valence-electron chi connectivity index (χ0n) is 16.7. The molecule has 0 fully saturated rings. The van der Waals surface area contributed by atoms with Crippen LogP contribution < -0.4 is 20.9 Å². The SMILES string of the molecule is CNC(=O)COc1cc2cc(Nc3nc(-n4cccn4)ncc3Cl)ccc2n(C)c1=O. The van der Waals surface area contributed by atoms with Crippen LogP contribution in [0.3, 0.4) is 0 Å². The molecule has 4 aromatic rings. The highest BCUT2D eigenvalue weighted by molar-refractivity contribution is 6.32. The number of aryl methyl sites for hydroxylation is 1. The summed E-state index contributed by atoms with van der Waals surface area (Å²) in [5, 5.41) is 10.8. The third-order valence-corrected chi connectivity index (χ3v) is 4.81. The predicted octanol–water partition coefficient (Wildman–Crippen LogP) is 2.04. The average molecular weight is 440 g/mol. The van der Waals surface area contributed by atoms with Crippen molar-refractivity contribution >= 4 is 39.9 Å². The summed E-state index contributed by atoms with van der Waals surface area (Å²) in [5.74, 6) is 0.521. The number of carbonyl (C=O) groups excluding carboxylic acids is 1. The Labute approximate surface area is 181 Å². The van der Waals surface area contributed by atoms with Crippen LogP contribution in [0.2, 0.25) is 5.02 Å². The number of hydrogen-bond acceptors (Lipinski definition) is 7. The summed E-state index contributed by atoms with van der Waals surface area (Å²) in [6, 6.07) is 8.79. The van der Waals surface area contributed by atoms with Crippen LogP contribution in [0.5, 0.6) is 5.75 Å². The molecule has 11 heteroatoms. The van der Waals surface area contributed by atoms with Gasteiger partial charge in [0.15, 0.2) is 18.2 Å². The molecule has 0 aliphatic carbocycles. The Bertz CT molecular complexity index is 1320. The van der Waals surface area contributed by atoms with Crippen LogP contribution in [0.25, 0.3) is 16.9 Å². The molecule has 0 unspecified atom stereocenters. The van der Waals surface area contributed by atoms with E-state index in [-0.39, 0.29) is 23.8 Å². The summed E-state index contributed by atoms with van der Waals surface area (Å²) in [6.07, 6.45) is 4.84. The van der Waals surface area contributed by atoms with Gasteiger partial charge in [0.05, 0.1) is 11.7 Å². The van der Waals surface area contributed by atoms with Gasteiger partial charge in [-0.2, -0.15) is 10.1 Å². The first-order valence-corrected chi connectivity index (χ1v) is 9.61. The van der Waals surface area contributed by atoms with Gasteiger partial charge in [0.1, 0.15) is 5.02 Å². The minimum atomic E-state index is -0.333. The van der Waals surface area contributed by atoms with E-state index in [4.69, 9.17) is 16.3 Å². The van der Waals surface area contributed by atoms with Crippen molar-refractivity contribution in [1.82, 2.24) is 29.6 Å². The van der Waals surface area contributed by atoms with E-state index in [9.17, 15) is 9.59 Å². The number of aromatic nitrogens is 5. The Kier molecular flexibility index (Phi) is 5.54. The number of anilines is 2. The number of hydrogen-bond donors (Lipinski definition) is 2. The zero-order valence-corrected chi connectivity index (χ0v) is 17.4. The molecule has 0 saturated heterocycles. The number of pyridine rings is 1. The van der Waals surface area contributed by atoms with Gasteiger partial charge in [0, 0.05) is 37.6 Å². The van der Waals surface area contributed by atoms with Crippen molar-refractivity contribution < 1.29 is 9.53 Å². The van der Waals surface area contributed by atoms with E-state index in [1.54, 1.807) is 43.7 Å². The number of rotatable bonds is 6. The smallest absolute Gasteiger partial charge is 0.293 e. The molecule has 0 saturated carbocycles. The van der Waals surface area contributed by atoms with Crippen LogP contribution in [0.1, 0.15) is 0 Å². The lowest BCUT2D eigenvalue weighted by molar-refractivity contribution is -0.122. The van der Waals surface area contributed by atoms with Gasteiger partial charge < -0.3 is 19.9 Å². The molecule has 10 nitrogen and oxygen atoms in total. The van der Waals surface area contributed by atoms with Crippen LogP contribution >= 0.6 is 11.6 Å². The van der Waals surface area contributed by atoms with Gasteiger partial charge in [-0.1, -0.05) is 11.6 Å². The van der Waals surface area contributed by atoms with Crippen molar-refractivity contribution in [2.75, 3.05) is 19.0 Å². The van der Waals surface area contributed by atoms with Crippen molar-refractivity contribution in [3.63, 3.8) is 0 Å². The monoisotopic (exact) mass is 439 g/mol. The van der Waals surface area contributed by atoms with Crippen LogP contribution in [0, 0.1) is 0 Å². The summed E-state index contributed by atoms with van der Waals surface area (Å²) in [7, 11) is 3.14. The number of nitrogens with one attached hydrogen (secondary N) is 2. The minimum Gasteiger partial charge on any atom is -0.478 e. The van der Waals surface area contributed by atoms with Gasteiger partial charge in [0.2, 0.25) is 0 Å². The van der Waals surface area contributed by atoms with Crippen molar-refractivity contribution in [1.29, 1.82) is 0 Å². The molecule has 2 N–H and O–H groups in total. The first kappa shape index (κ1) is 20.4. The molecular formula is C20H18ClN7O3. The van der Waals surface area contributed by atoms with E-state index in [1.165, 1.54) is 22.5 Å². The Balaban J connectivity index is 1.68. The normalized spacial score (nSPS) is 10.8. The number of carbonyl (C=O) groups is 1. The third-order valence-electron chi connectivity index (χ3n) is 4.53. The third kappa shape index (κ3) is 4.19. The van der Waals surface area contributed by atoms with Gasteiger partial charge in [-0.25, -0.2) is 9.67 Å². The molecule has 0 bridgehead atoms. The maximum Gasteiger partial charge on any atom is 0.293 e. The number of benzene rings is 1. The Hall–Kier alpha value is -3.92. The van der Waals surface area contributed by atoms with Crippen LogP contribution in [-0.4, -0.2) is 43.9 Å². The number of ether oxygens (including phenoxy) is 1. The molecule has 1 amide bonds. The Morgan fingerprint density at radius 3 is 2.87 bits per heavy atom. The topological polar surface area (TPSA) is 116 Å². The first-order chi connectivity index (χ1) is 15.0. The molecule has 0 atom stereocenters. The number of halogens is 1. The van der Waals surface area contributed by atoms with E-state index < -0.39 is 0 Å². The highest BCUT2D eigenvalue weighted by atomic mass is 35.5. The lowest BCUT2D eigenvalue weighted by Crippen LogP contribution is -2.27. The maximum atomic E-state index is 12.5. The summed E-state index contributed by atoms with van der Waals surface area (Å²) < 4.78 is 8.38. The molecule has 3 aromatic heterocycles. The number of nitrogens with zero attached hydrogens (tertiary/aromatic N) is 5. The van der Waals surface area contributed by atoms with Crippen molar-refractivity contribution in [2.45, 2.75) is 0 Å². The lowest BCUT2D eigenvalue weighted by Gasteiger charge is -2.13. The molecule has 3 heterocycles. The molecule has 0 spiro atoms. The van der Waals surface area contributed by atoms with E-state index in [2.05, 4.69) is 25.7 Å². The average Bonchev–Trinajstić information content (AvgIpc) is 3.31. The van der Waals surface area contributed by atoms with Gasteiger partial charge in [0.25, 0.3) is 17.4 Å². The van der Waals surface area contributed by atoms with Gasteiger partial charge in [-0.15, -0.1) is 0 Å². The molecule has 0 aliphatic heterocycles. The summed E-state index contributed by atoms with van der Waals surface area (Å²) in [6.45, 7) is -0.248. The molecular weight excluding hydrogens is 422 g/mol. The quantitative estimate of drug-likeness (QED) is 0.472. The van der Waals surface area contributed by atoms with Crippen molar-refractivity contribution in [3.8, 4) is 11.7 Å². The summed E-state index contributed by atoms with van der Waals surface area (Å²) in [4.78, 5) is 32.6. The van der Waals surface area contributed by atoms with E-state index in [1.807, 2.05) is 6.07 Å². The van der Waals surface area contributed by atoms with Crippen LogP contribution in [0.15, 0.2) is 53.7 Å². The second-order valence-corrected chi connectivity index (χ2v) is 6.96. The van der Waals surface area contributed by atoms with Crippen LogP contribution in [0.4, 0.5) is 11.5 Å². The molecule has 158 valence electrons. The molecule has 0 radical (unpaired) electrons. The standard InChI is InChI=1S/C20H18ClN7O3/c1-22-17(29)11-31-16-9-12-8-13(4-5-15(12)27(2)19(16)30)25-18-14(21)10-23-20(26-18)28-7-3-6-24-28/h3-10H,11H2,1-2H3,(H,22,29)(H,23,25,26). The van der Waals surface area contributed by atoms with Gasteiger partial charge >= 0.3 is 0 Å². The highest BCUT2D eigenvalue weighted by Gasteiger charge is 2.12. The minimum absolute atomic E-state index is 0.0804. The number of likely N-dealkylation sites (N-methyl/N-ethyl adjacent to an activating group) is 1.